The molecule has 0 fully saturated rings. The standard InChI is InChI=1S/C21H17O2S/c1-14(22)15-7-12-21-19(13-15)18-5-3-4-6-20(18)24(21)17-10-8-16(23-2)9-11-17/h3-13H,1-2H3/q+1. The van der Waals surface area contributed by atoms with Gasteiger partial charge in [0.25, 0.3) is 0 Å². The molecule has 0 amide bonds. The van der Waals surface area contributed by atoms with E-state index in [0.717, 1.165) is 11.3 Å². The molecule has 24 heavy (non-hydrogen) atoms. The molecule has 1 heterocycles. The van der Waals surface area contributed by atoms with Crippen molar-refractivity contribution in [2.75, 3.05) is 7.11 Å². The molecule has 3 aromatic carbocycles. The first-order valence-corrected chi connectivity index (χ1v) is 9.04. The van der Waals surface area contributed by atoms with Gasteiger partial charge in [-0.05, 0) is 49.4 Å². The lowest BCUT2D eigenvalue weighted by Gasteiger charge is -1.98. The van der Waals surface area contributed by atoms with Gasteiger partial charge in [-0.25, -0.2) is 0 Å². The van der Waals surface area contributed by atoms with Crippen molar-refractivity contribution in [3.05, 3.63) is 72.3 Å². The van der Waals surface area contributed by atoms with Gasteiger partial charge in [-0.2, -0.15) is 0 Å². The van der Waals surface area contributed by atoms with Gasteiger partial charge in [-0.15, -0.1) is 0 Å². The zero-order valence-electron chi connectivity index (χ0n) is 13.6. The number of fused-ring (bicyclic) bond motifs is 3. The van der Waals surface area contributed by atoms with Crippen LogP contribution in [0.1, 0.15) is 17.3 Å². The van der Waals surface area contributed by atoms with Gasteiger partial charge in [0.15, 0.2) is 20.1 Å². The number of carbonyl (C=O) groups excluding carboxylic acids is 1. The summed E-state index contributed by atoms with van der Waals surface area (Å²) in [6.07, 6.45) is 0. The van der Waals surface area contributed by atoms with E-state index in [4.69, 9.17) is 4.74 Å². The van der Waals surface area contributed by atoms with Crippen molar-refractivity contribution in [2.45, 2.75) is 6.92 Å². The summed E-state index contributed by atoms with van der Waals surface area (Å²) in [5.74, 6) is 0.966. The molecular formula is C21H17O2S+. The minimum absolute atomic E-state index is 0.103. The molecule has 1 atom stereocenters. The van der Waals surface area contributed by atoms with Crippen molar-refractivity contribution in [1.82, 2.24) is 0 Å². The maximum atomic E-state index is 11.8. The van der Waals surface area contributed by atoms with Gasteiger partial charge in [0.2, 0.25) is 0 Å². The van der Waals surface area contributed by atoms with Gasteiger partial charge < -0.3 is 4.74 Å². The van der Waals surface area contributed by atoms with Crippen LogP contribution in [0.4, 0.5) is 0 Å². The van der Waals surface area contributed by atoms with Crippen LogP contribution in [0.15, 0.2) is 66.7 Å². The SMILES string of the molecule is COc1ccc(-[s+]2c3ccccc3c3cc(C(C)=O)ccc32)cc1. The highest BCUT2D eigenvalue weighted by Gasteiger charge is 2.23. The Bertz CT molecular complexity index is 1060. The number of ketones is 1. The highest BCUT2D eigenvalue weighted by Crippen LogP contribution is 2.48. The molecule has 0 N–H and O–H groups in total. The van der Waals surface area contributed by atoms with Crippen molar-refractivity contribution < 1.29 is 9.53 Å². The minimum Gasteiger partial charge on any atom is -0.497 e. The van der Waals surface area contributed by atoms with Gasteiger partial charge in [-0.3, -0.25) is 4.79 Å². The Kier molecular flexibility index (Phi) is 3.58. The third kappa shape index (κ3) is 2.29. The van der Waals surface area contributed by atoms with E-state index in [1.54, 1.807) is 14.0 Å². The summed E-state index contributed by atoms with van der Waals surface area (Å²) < 4.78 is 7.88. The Labute approximate surface area is 143 Å². The molecule has 0 saturated carbocycles. The number of methoxy groups -OCH3 is 1. The first kappa shape index (κ1) is 14.9. The summed E-state index contributed by atoms with van der Waals surface area (Å²) in [5, 5.41) is 2.41. The Morgan fingerprint density at radius 2 is 1.58 bits per heavy atom. The lowest BCUT2D eigenvalue weighted by Crippen LogP contribution is -1.89. The molecule has 4 aromatic rings. The third-order valence-corrected chi connectivity index (χ3v) is 6.63. The van der Waals surface area contributed by atoms with Crippen LogP contribution in [0, 0.1) is 0 Å². The van der Waals surface area contributed by atoms with Crippen LogP contribution >= 0.6 is 10.5 Å². The molecule has 1 unspecified atom stereocenters. The fourth-order valence-corrected chi connectivity index (χ4v) is 5.45. The number of benzene rings is 3. The fraction of sp³-hybridized carbons (Fsp3) is 0.0952. The van der Waals surface area contributed by atoms with Crippen molar-refractivity contribution in [2.24, 2.45) is 0 Å². The van der Waals surface area contributed by atoms with Gasteiger partial charge in [-0.1, -0.05) is 12.1 Å². The first-order valence-electron chi connectivity index (χ1n) is 7.82. The van der Waals surface area contributed by atoms with E-state index in [1.165, 1.54) is 25.1 Å². The average molecular weight is 333 g/mol. The molecular weight excluding hydrogens is 316 g/mol. The Balaban J connectivity index is 2.07. The maximum Gasteiger partial charge on any atom is 0.187 e. The van der Waals surface area contributed by atoms with E-state index in [2.05, 4.69) is 42.5 Å². The molecule has 1 aromatic heterocycles. The van der Waals surface area contributed by atoms with Gasteiger partial charge >= 0.3 is 0 Å². The van der Waals surface area contributed by atoms with Crippen LogP contribution in [-0.2, 0) is 0 Å². The number of carbonyl (C=O) groups is 1. The number of hydrogen-bond donors (Lipinski definition) is 0. The largest absolute Gasteiger partial charge is 0.497 e. The number of thiophene rings is 1. The molecule has 118 valence electrons. The second-order valence-corrected chi connectivity index (χ2v) is 7.71. The summed E-state index contributed by atoms with van der Waals surface area (Å²) >= 11 is 0. The van der Waals surface area contributed by atoms with E-state index in [0.29, 0.717) is 0 Å². The van der Waals surface area contributed by atoms with Crippen LogP contribution in [0.2, 0.25) is 0 Å². The summed E-state index contributed by atoms with van der Waals surface area (Å²) in [6, 6.07) is 22.8. The van der Waals surface area contributed by atoms with Crippen LogP contribution in [0.25, 0.3) is 25.1 Å². The summed E-state index contributed by atoms with van der Waals surface area (Å²) in [4.78, 5) is 13.0. The molecule has 0 spiro atoms. The number of rotatable bonds is 3. The summed E-state index contributed by atoms with van der Waals surface area (Å²) in [6.45, 7) is 1.62. The molecule has 0 bridgehead atoms. The average Bonchev–Trinajstić information content (AvgIpc) is 2.95. The zero-order valence-corrected chi connectivity index (χ0v) is 14.4. The Morgan fingerprint density at radius 1 is 0.875 bits per heavy atom. The van der Waals surface area contributed by atoms with E-state index >= 15 is 0 Å². The topological polar surface area (TPSA) is 26.3 Å². The molecule has 3 heteroatoms. The normalized spacial score (nSPS) is 11.8. The highest BCUT2D eigenvalue weighted by molar-refractivity contribution is 7.50. The van der Waals surface area contributed by atoms with Crippen molar-refractivity contribution >= 4 is 36.4 Å². The monoisotopic (exact) mass is 333 g/mol. The lowest BCUT2D eigenvalue weighted by atomic mass is 10.1. The van der Waals surface area contributed by atoms with Crippen molar-refractivity contribution in [3.8, 4) is 10.6 Å². The van der Waals surface area contributed by atoms with Gasteiger partial charge in [0, 0.05) is 38.9 Å². The van der Waals surface area contributed by atoms with E-state index < -0.39 is 0 Å². The number of hydrogen-bond acceptors (Lipinski definition) is 2. The second kappa shape index (κ2) is 5.77. The number of Topliss-reactive ketones (excluding diaryl/α,β-unsaturated/α-hetero) is 1. The maximum absolute atomic E-state index is 11.8. The fourth-order valence-electron chi connectivity index (χ4n) is 3.09. The Hall–Kier alpha value is -2.65. The molecule has 0 saturated heterocycles. The van der Waals surface area contributed by atoms with Gasteiger partial charge in [0.1, 0.15) is 5.75 Å². The van der Waals surface area contributed by atoms with Gasteiger partial charge in [0.05, 0.1) is 7.11 Å². The minimum atomic E-state index is -0.139. The predicted molar refractivity (Wildman–Crippen MR) is 102 cm³/mol. The quantitative estimate of drug-likeness (QED) is 0.342. The van der Waals surface area contributed by atoms with E-state index in [1.807, 2.05) is 24.3 Å². The van der Waals surface area contributed by atoms with Crippen molar-refractivity contribution in [3.63, 3.8) is 0 Å². The van der Waals surface area contributed by atoms with E-state index in [-0.39, 0.29) is 16.3 Å². The zero-order chi connectivity index (χ0) is 16.7. The molecule has 0 aliphatic rings. The van der Waals surface area contributed by atoms with Crippen LogP contribution in [0.3, 0.4) is 0 Å². The molecule has 0 aliphatic carbocycles. The molecule has 4 rings (SSSR count). The Morgan fingerprint density at radius 3 is 2.29 bits per heavy atom. The van der Waals surface area contributed by atoms with Crippen LogP contribution < -0.4 is 4.74 Å². The predicted octanol–water partition coefficient (Wildman–Crippen LogP) is 5.94. The number of ether oxygens (including phenoxy) is 1. The third-order valence-electron chi connectivity index (χ3n) is 4.30. The van der Waals surface area contributed by atoms with E-state index in [9.17, 15) is 4.79 Å². The summed E-state index contributed by atoms with van der Waals surface area (Å²) in [7, 11) is 1.54. The lowest BCUT2D eigenvalue weighted by molar-refractivity contribution is 0.101. The summed E-state index contributed by atoms with van der Waals surface area (Å²) in [5.41, 5.74) is 0.767. The second-order valence-electron chi connectivity index (χ2n) is 5.74. The van der Waals surface area contributed by atoms with Crippen molar-refractivity contribution in [1.29, 1.82) is 0 Å². The first-order chi connectivity index (χ1) is 11.7. The highest BCUT2D eigenvalue weighted by atomic mass is 32.2. The smallest absolute Gasteiger partial charge is 0.187 e. The van der Waals surface area contributed by atoms with Crippen LogP contribution in [-0.4, -0.2) is 12.9 Å². The molecule has 0 radical (unpaired) electrons. The molecule has 0 aliphatic heterocycles. The van der Waals surface area contributed by atoms with Crippen LogP contribution in [0.5, 0.6) is 5.75 Å². The molecule has 2 nitrogen and oxygen atoms in total.